The molecule has 1 nitrogen and oxygen atoms in total. The first-order valence-corrected chi connectivity index (χ1v) is 4.05. The number of anilines is 1. The zero-order valence-corrected chi connectivity index (χ0v) is 7.44. The summed E-state index contributed by atoms with van der Waals surface area (Å²) >= 11 is 0. The standard InChI is InChI=1S/C10H15N/c1-4-11-10-6-5-8(2)7-9(10)3/h5-7,11H,4H2,1-3H3. The van der Waals surface area contributed by atoms with Gasteiger partial charge in [0.1, 0.15) is 0 Å². The van der Waals surface area contributed by atoms with E-state index in [1.54, 1.807) is 0 Å². The molecule has 0 fully saturated rings. The molecular weight excluding hydrogens is 134 g/mol. The summed E-state index contributed by atoms with van der Waals surface area (Å²) in [5, 5.41) is 3.30. The lowest BCUT2D eigenvalue weighted by atomic mass is 10.1. The van der Waals surface area contributed by atoms with E-state index in [4.69, 9.17) is 0 Å². The second-order valence-electron chi connectivity index (χ2n) is 2.85. The van der Waals surface area contributed by atoms with Gasteiger partial charge in [0.2, 0.25) is 0 Å². The van der Waals surface area contributed by atoms with Crippen LogP contribution in [0.4, 0.5) is 5.69 Å². The van der Waals surface area contributed by atoms with Crippen molar-refractivity contribution < 1.29 is 0 Å². The Morgan fingerprint density at radius 3 is 2.55 bits per heavy atom. The van der Waals surface area contributed by atoms with Crippen molar-refractivity contribution in [3.05, 3.63) is 29.3 Å². The molecular formula is C10H15N. The van der Waals surface area contributed by atoms with Crippen molar-refractivity contribution in [3.63, 3.8) is 0 Å². The van der Waals surface area contributed by atoms with Crippen LogP contribution in [-0.4, -0.2) is 6.54 Å². The van der Waals surface area contributed by atoms with E-state index in [1.807, 2.05) is 0 Å². The number of nitrogens with one attached hydrogen (secondary N) is 1. The Hall–Kier alpha value is -0.980. The fourth-order valence-corrected chi connectivity index (χ4v) is 1.20. The Labute approximate surface area is 68.4 Å². The van der Waals surface area contributed by atoms with Crippen molar-refractivity contribution in [3.8, 4) is 0 Å². The predicted octanol–water partition coefficient (Wildman–Crippen LogP) is 2.74. The van der Waals surface area contributed by atoms with E-state index in [1.165, 1.54) is 16.8 Å². The van der Waals surface area contributed by atoms with Gasteiger partial charge >= 0.3 is 0 Å². The van der Waals surface area contributed by atoms with Gasteiger partial charge in [-0.15, -0.1) is 0 Å². The van der Waals surface area contributed by atoms with E-state index >= 15 is 0 Å². The smallest absolute Gasteiger partial charge is 0.0369 e. The van der Waals surface area contributed by atoms with Crippen LogP contribution in [0.25, 0.3) is 0 Å². The van der Waals surface area contributed by atoms with E-state index in [9.17, 15) is 0 Å². The molecule has 0 saturated heterocycles. The lowest BCUT2D eigenvalue weighted by Gasteiger charge is -2.07. The Morgan fingerprint density at radius 2 is 2.00 bits per heavy atom. The van der Waals surface area contributed by atoms with Gasteiger partial charge < -0.3 is 5.32 Å². The largest absolute Gasteiger partial charge is 0.385 e. The summed E-state index contributed by atoms with van der Waals surface area (Å²) in [4.78, 5) is 0. The average Bonchev–Trinajstić information content (AvgIpc) is 1.95. The first-order valence-electron chi connectivity index (χ1n) is 4.05. The monoisotopic (exact) mass is 149 g/mol. The van der Waals surface area contributed by atoms with Crippen molar-refractivity contribution in [2.75, 3.05) is 11.9 Å². The molecule has 0 aliphatic heterocycles. The highest BCUT2D eigenvalue weighted by atomic mass is 14.9. The van der Waals surface area contributed by atoms with Crippen molar-refractivity contribution in [1.82, 2.24) is 0 Å². The van der Waals surface area contributed by atoms with E-state index in [-0.39, 0.29) is 0 Å². The number of rotatable bonds is 2. The normalized spacial score (nSPS) is 9.73. The lowest BCUT2D eigenvalue weighted by Crippen LogP contribution is -1.98. The second kappa shape index (κ2) is 3.42. The quantitative estimate of drug-likeness (QED) is 0.681. The molecule has 0 amide bonds. The van der Waals surface area contributed by atoms with Gasteiger partial charge in [-0.25, -0.2) is 0 Å². The average molecular weight is 149 g/mol. The molecule has 0 bridgehead atoms. The first-order chi connectivity index (χ1) is 5.24. The molecule has 0 aromatic heterocycles. The zero-order valence-electron chi connectivity index (χ0n) is 7.44. The molecule has 11 heavy (non-hydrogen) atoms. The highest BCUT2D eigenvalue weighted by molar-refractivity contribution is 5.51. The van der Waals surface area contributed by atoms with E-state index in [0.717, 1.165) is 6.54 Å². The predicted molar refractivity (Wildman–Crippen MR) is 50.1 cm³/mol. The lowest BCUT2D eigenvalue weighted by molar-refractivity contribution is 1.19. The molecule has 1 N–H and O–H groups in total. The van der Waals surface area contributed by atoms with Crippen LogP contribution in [0.15, 0.2) is 18.2 Å². The van der Waals surface area contributed by atoms with Gasteiger partial charge in [-0.3, -0.25) is 0 Å². The second-order valence-corrected chi connectivity index (χ2v) is 2.85. The molecule has 1 aromatic rings. The molecule has 0 atom stereocenters. The topological polar surface area (TPSA) is 12.0 Å². The summed E-state index contributed by atoms with van der Waals surface area (Å²) in [5.41, 5.74) is 3.90. The van der Waals surface area contributed by atoms with Crippen LogP contribution in [0.3, 0.4) is 0 Å². The van der Waals surface area contributed by atoms with Crippen LogP contribution in [0.5, 0.6) is 0 Å². The van der Waals surface area contributed by atoms with Crippen LogP contribution in [0, 0.1) is 13.8 Å². The molecule has 60 valence electrons. The van der Waals surface area contributed by atoms with Crippen LogP contribution in [-0.2, 0) is 0 Å². The van der Waals surface area contributed by atoms with Gasteiger partial charge in [0.05, 0.1) is 0 Å². The van der Waals surface area contributed by atoms with E-state index in [0.29, 0.717) is 0 Å². The summed E-state index contributed by atoms with van der Waals surface area (Å²) in [6, 6.07) is 6.46. The van der Waals surface area contributed by atoms with E-state index in [2.05, 4.69) is 44.3 Å². The third-order valence-electron chi connectivity index (χ3n) is 1.75. The molecule has 1 heteroatoms. The van der Waals surface area contributed by atoms with Crippen molar-refractivity contribution in [2.45, 2.75) is 20.8 Å². The summed E-state index contributed by atoms with van der Waals surface area (Å²) in [6.07, 6.45) is 0. The third-order valence-corrected chi connectivity index (χ3v) is 1.75. The minimum Gasteiger partial charge on any atom is -0.385 e. The Bertz CT molecular complexity index is 241. The molecule has 0 saturated carbocycles. The number of benzene rings is 1. The van der Waals surface area contributed by atoms with Gasteiger partial charge in [-0.1, -0.05) is 17.7 Å². The molecule has 1 aromatic carbocycles. The summed E-state index contributed by atoms with van der Waals surface area (Å²) in [6.45, 7) is 7.34. The molecule has 0 spiro atoms. The fraction of sp³-hybridized carbons (Fsp3) is 0.400. The summed E-state index contributed by atoms with van der Waals surface area (Å²) < 4.78 is 0. The first kappa shape index (κ1) is 8.12. The number of hydrogen-bond acceptors (Lipinski definition) is 1. The summed E-state index contributed by atoms with van der Waals surface area (Å²) in [7, 11) is 0. The highest BCUT2D eigenvalue weighted by Gasteiger charge is 1.94. The van der Waals surface area contributed by atoms with Gasteiger partial charge in [0.25, 0.3) is 0 Å². The third kappa shape index (κ3) is 1.97. The Kier molecular flexibility index (Phi) is 2.53. The Morgan fingerprint density at radius 1 is 1.27 bits per heavy atom. The molecule has 0 radical (unpaired) electrons. The van der Waals surface area contributed by atoms with Crippen molar-refractivity contribution >= 4 is 5.69 Å². The van der Waals surface area contributed by atoms with Gasteiger partial charge in [-0.2, -0.15) is 0 Å². The van der Waals surface area contributed by atoms with Crippen LogP contribution in [0.1, 0.15) is 18.1 Å². The van der Waals surface area contributed by atoms with Crippen LogP contribution >= 0.6 is 0 Å². The van der Waals surface area contributed by atoms with Crippen molar-refractivity contribution in [1.29, 1.82) is 0 Å². The summed E-state index contributed by atoms with van der Waals surface area (Å²) in [5.74, 6) is 0. The molecule has 0 aliphatic carbocycles. The molecule has 1 rings (SSSR count). The van der Waals surface area contributed by atoms with Crippen LogP contribution < -0.4 is 5.32 Å². The molecule has 0 unspecified atom stereocenters. The number of aryl methyl sites for hydroxylation is 2. The molecule has 0 heterocycles. The van der Waals surface area contributed by atoms with E-state index < -0.39 is 0 Å². The minimum atomic E-state index is 0.990. The molecule has 0 aliphatic rings. The van der Waals surface area contributed by atoms with Gasteiger partial charge in [-0.05, 0) is 32.4 Å². The maximum absolute atomic E-state index is 3.30. The maximum atomic E-state index is 3.30. The van der Waals surface area contributed by atoms with Crippen LogP contribution in [0.2, 0.25) is 0 Å². The van der Waals surface area contributed by atoms with Gasteiger partial charge in [0.15, 0.2) is 0 Å². The number of hydrogen-bond donors (Lipinski definition) is 1. The maximum Gasteiger partial charge on any atom is 0.0369 e. The van der Waals surface area contributed by atoms with Crippen molar-refractivity contribution in [2.24, 2.45) is 0 Å². The fourth-order valence-electron chi connectivity index (χ4n) is 1.20. The highest BCUT2D eigenvalue weighted by Crippen LogP contribution is 2.15. The minimum absolute atomic E-state index is 0.990. The SMILES string of the molecule is CCNc1ccc(C)cc1C. The van der Waals surface area contributed by atoms with Gasteiger partial charge in [0, 0.05) is 12.2 Å². The Balaban J connectivity index is 2.90. The zero-order chi connectivity index (χ0) is 8.27.